The summed E-state index contributed by atoms with van der Waals surface area (Å²) in [5.41, 5.74) is 3.42. The lowest BCUT2D eigenvalue weighted by atomic mass is 10.00. The predicted molar refractivity (Wildman–Crippen MR) is 101 cm³/mol. The Morgan fingerprint density at radius 2 is 1.78 bits per heavy atom. The van der Waals surface area contributed by atoms with E-state index in [1.165, 1.54) is 11.1 Å². The molecule has 3 nitrogen and oxygen atoms in total. The molecule has 0 bridgehead atoms. The van der Waals surface area contributed by atoms with E-state index in [0.717, 1.165) is 17.9 Å². The van der Waals surface area contributed by atoms with Crippen LogP contribution in [-0.2, 0) is 0 Å². The van der Waals surface area contributed by atoms with Gasteiger partial charge in [-0.05, 0) is 55.7 Å². The van der Waals surface area contributed by atoms with Crippen LogP contribution in [0, 0.1) is 6.92 Å². The topological polar surface area (TPSA) is 33.3 Å². The Morgan fingerprint density at radius 1 is 1.09 bits per heavy atom. The van der Waals surface area contributed by atoms with E-state index < -0.39 is 0 Å². The summed E-state index contributed by atoms with van der Waals surface area (Å²) in [4.78, 5) is 0. The number of hydrogen-bond donors (Lipinski definition) is 2. The highest BCUT2D eigenvalue weighted by molar-refractivity contribution is 7.80. The zero-order valence-corrected chi connectivity index (χ0v) is 14.7. The van der Waals surface area contributed by atoms with Gasteiger partial charge in [0.15, 0.2) is 5.11 Å². The van der Waals surface area contributed by atoms with Crippen LogP contribution in [0.5, 0.6) is 5.75 Å². The maximum atomic E-state index is 5.62. The van der Waals surface area contributed by atoms with Crippen molar-refractivity contribution in [3.8, 4) is 5.75 Å². The fraction of sp³-hybridized carbons (Fsp3) is 0.316. The van der Waals surface area contributed by atoms with Crippen molar-refractivity contribution in [2.75, 3.05) is 11.9 Å². The fourth-order valence-electron chi connectivity index (χ4n) is 2.55. The number of benzene rings is 2. The Balaban J connectivity index is 2.08. The van der Waals surface area contributed by atoms with Crippen molar-refractivity contribution in [1.29, 1.82) is 0 Å². The molecule has 2 aromatic carbocycles. The monoisotopic (exact) mass is 328 g/mol. The van der Waals surface area contributed by atoms with E-state index in [2.05, 4.69) is 48.7 Å². The second kappa shape index (κ2) is 8.53. The molecule has 23 heavy (non-hydrogen) atoms. The van der Waals surface area contributed by atoms with Gasteiger partial charge in [-0.25, -0.2) is 0 Å². The van der Waals surface area contributed by atoms with Crippen LogP contribution < -0.4 is 15.4 Å². The number of thiocarbonyl (C=S) groups is 1. The van der Waals surface area contributed by atoms with E-state index in [1.54, 1.807) is 0 Å². The van der Waals surface area contributed by atoms with Gasteiger partial charge in [-0.3, -0.25) is 0 Å². The number of rotatable bonds is 6. The van der Waals surface area contributed by atoms with E-state index in [1.807, 2.05) is 31.2 Å². The lowest BCUT2D eigenvalue weighted by Gasteiger charge is -2.22. The van der Waals surface area contributed by atoms with Gasteiger partial charge >= 0.3 is 0 Å². The van der Waals surface area contributed by atoms with Crippen LogP contribution >= 0.6 is 12.2 Å². The maximum Gasteiger partial charge on any atom is 0.171 e. The lowest BCUT2D eigenvalue weighted by Crippen LogP contribution is -2.32. The molecule has 0 aromatic heterocycles. The summed E-state index contributed by atoms with van der Waals surface area (Å²) in [6, 6.07) is 16.4. The van der Waals surface area contributed by atoms with Gasteiger partial charge in [0, 0.05) is 0 Å². The first-order valence-electron chi connectivity index (χ1n) is 8.00. The third-order valence-electron chi connectivity index (χ3n) is 3.71. The Labute approximate surface area is 144 Å². The Morgan fingerprint density at radius 3 is 2.48 bits per heavy atom. The summed E-state index contributed by atoms with van der Waals surface area (Å²) in [6.07, 6.45) is 0.958. The van der Waals surface area contributed by atoms with Crippen LogP contribution in [0.2, 0.25) is 0 Å². The van der Waals surface area contributed by atoms with Crippen LogP contribution in [0.25, 0.3) is 0 Å². The molecule has 0 radical (unpaired) electrons. The lowest BCUT2D eigenvalue weighted by molar-refractivity contribution is 0.342. The van der Waals surface area contributed by atoms with Crippen LogP contribution in [0.1, 0.15) is 37.4 Å². The normalized spacial score (nSPS) is 11.6. The second-order valence-corrected chi connectivity index (χ2v) is 5.75. The van der Waals surface area contributed by atoms with Crippen molar-refractivity contribution >= 4 is 23.0 Å². The SMILES string of the molecule is CCOc1ccccc1NC(=S)N[C@H](CC)c1ccccc1C. The van der Waals surface area contributed by atoms with Crippen molar-refractivity contribution in [3.05, 3.63) is 59.7 Å². The molecule has 1 atom stereocenters. The first-order valence-corrected chi connectivity index (χ1v) is 8.41. The molecule has 0 amide bonds. The summed E-state index contributed by atoms with van der Waals surface area (Å²) < 4.78 is 5.62. The summed E-state index contributed by atoms with van der Waals surface area (Å²) in [5, 5.41) is 7.26. The quantitative estimate of drug-likeness (QED) is 0.744. The molecule has 0 fully saturated rings. The number of anilines is 1. The molecule has 0 saturated heterocycles. The number of aryl methyl sites for hydroxylation is 1. The van der Waals surface area contributed by atoms with E-state index in [4.69, 9.17) is 17.0 Å². The number of para-hydroxylation sites is 2. The molecular formula is C19H24N2OS. The zero-order valence-electron chi connectivity index (χ0n) is 13.9. The van der Waals surface area contributed by atoms with Gasteiger partial charge in [-0.2, -0.15) is 0 Å². The molecule has 2 aromatic rings. The van der Waals surface area contributed by atoms with Crippen molar-refractivity contribution < 1.29 is 4.74 Å². The third kappa shape index (κ3) is 4.70. The molecule has 4 heteroatoms. The zero-order chi connectivity index (χ0) is 16.7. The molecule has 0 unspecified atom stereocenters. The minimum absolute atomic E-state index is 0.190. The molecule has 0 spiro atoms. The molecule has 0 aliphatic rings. The van der Waals surface area contributed by atoms with Crippen LogP contribution in [0.4, 0.5) is 5.69 Å². The van der Waals surface area contributed by atoms with E-state index in [-0.39, 0.29) is 6.04 Å². The first kappa shape index (κ1) is 17.3. The first-order chi connectivity index (χ1) is 11.2. The molecule has 122 valence electrons. The van der Waals surface area contributed by atoms with Gasteiger partial charge in [-0.15, -0.1) is 0 Å². The number of nitrogens with one attached hydrogen (secondary N) is 2. The highest BCUT2D eigenvalue weighted by atomic mass is 32.1. The van der Waals surface area contributed by atoms with Crippen molar-refractivity contribution in [3.63, 3.8) is 0 Å². The molecule has 0 aliphatic heterocycles. The minimum atomic E-state index is 0.190. The third-order valence-corrected chi connectivity index (χ3v) is 3.93. The van der Waals surface area contributed by atoms with Gasteiger partial charge < -0.3 is 15.4 Å². The van der Waals surface area contributed by atoms with Gasteiger partial charge in [0.05, 0.1) is 18.3 Å². The maximum absolute atomic E-state index is 5.62. The summed E-state index contributed by atoms with van der Waals surface area (Å²) in [6.45, 7) is 6.87. The Bertz CT molecular complexity index is 657. The van der Waals surface area contributed by atoms with Gasteiger partial charge in [-0.1, -0.05) is 43.3 Å². The largest absolute Gasteiger partial charge is 0.492 e. The van der Waals surface area contributed by atoms with Gasteiger partial charge in [0.25, 0.3) is 0 Å². The molecule has 2 rings (SSSR count). The fourth-order valence-corrected chi connectivity index (χ4v) is 2.80. The molecule has 2 N–H and O–H groups in total. The Hall–Kier alpha value is -2.07. The summed E-state index contributed by atoms with van der Waals surface area (Å²) in [7, 11) is 0. The second-order valence-electron chi connectivity index (χ2n) is 5.35. The number of hydrogen-bond acceptors (Lipinski definition) is 2. The number of ether oxygens (including phenoxy) is 1. The molecule has 0 heterocycles. The smallest absolute Gasteiger partial charge is 0.171 e. The van der Waals surface area contributed by atoms with Crippen molar-refractivity contribution in [2.45, 2.75) is 33.2 Å². The van der Waals surface area contributed by atoms with E-state index in [0.29, 0.717) is 11.7 Å². The average Bonchev–Trinajstić information content (AvgIpc) is 2.55. The standard InChI is InChI=1S/C19H24N2OS/c1-4-16(15-11-7-6-10-14(15)3)20-19(23)21-17-12-8-9-13-18(17)22-5-2/h6-13,16H,4-5H2,1-3H3,(H2,20,21,23)/t16-/m1/s1. The van der Waals surface area contributed by atoms with Crippen molar-refractivity contribution in [2.24, 2.45) is 0 Å². The summed E-state index contributed by atoms with van der Waals surface area (Å²) in [5.74, 6) is 0.808. The van der Waals surface area contributed by atoms with Gasteiger partial charge in [0.1, 0.15) is 5.75 Å². The van der Waals surface area contributed by atoms with Gasteiger partial charge in [0.2, 0.25) is 0 Å². The Kier molecular flexibility index (Phi) is 6.41. The van der Waals surface area contributed by atoms with Crippen molar-refractivity contribution in [1.82, 2.24) is 5.32 Å². The van der Waals surface area contributed by atoms with E-state index in [9.17, 15) is 0 Å². The van der Waals surface area contributed by atoms with Crippen LogP contribution in [-0.4, -0.2) is 11.7 Å². The predicted octanol–water partition coefficient (Wildman–Crippen LogP) is 4.83. The summed E-state index contributed by atoms with van der Waals surface area (Å²) >= 11 is 5.49. The van der Waals surface area contributed by atoms with E-state index >= 15 is 0 Å². The molecular weight excluding hydrogens is 304 g/mol. The molecule has 0 aliphatic carbocycles. The highest BCUT2D eigenvalue weighted by Crippen LogP contribution is 2.24. The minimum Gasteiger partial charge on any atom is -0.492 e. The molecule has 0 saturated carbocycles. The van der Waals surface area contributed by atoms with Crippen LogP contribution in [0.3, 0.4) is 0 Å². The van der Waals surface area contributed by atoms with Crippen LogP contribution in [0.15, 0.2) is 48.5 Å². The highest BCUT2D eigenvalue weighted by Gasteiger charge is 2.13. The average molecular weight is 328 g/mol.